The van der Waals surface area contributed by atoms with E-state index in [1.807, 2.05) is 6.07 Å². The second-order valence-corrected chi connectivity index (χ2v) is 8.87. The maximum Gasteiger partial charge on any atom is 0.435 e. The maximum atomic E-state index is 13.6. The van der Waals surface area contributed by atoms with Gasteiger partial charge in [0.2, 0.25) is 5.82 Å². The van der Waals surface area contributed by atoms with E-state index in [1.165, 1.54) is 29.9 Å². The summed E-state index contributed by atoms with van der Waals surface area (Å²) in [7, 11) is 1.57. The molecule has 0 amide bonds. The number of nitriles is 1. The second kappa shape index (κ2) is 11.7. The van der Waals surface area contributed by atoms with Crippen LogP contribution in [0, 0.1) is 33.1 Å². The Bertz CT molecular complexity index is 1560. The van der Waals surface area contributed by atoms with Gasteiger partial charge in [-0.3, -0.25) is 4.68 Å². The van der Waals surface area contributed by atoms with Crippen LogP contribution < -0.4 is 0 Å². The summed E-state index contributed by atoms with van der Waals surface area (Å²) in [6, 6.07) is 8.60. The van der Waals surface area contributed by atoms with E-state index in [-0.39, 0.29) is 29.1 Å². The highest BCUT2D eigenvalue weighted by Crippen LogP contribution is 2.32. The normalized spacial score (nSPS) is 11.9. The molecule has 0 saturated carbocycles. The summed E-state index contributed by atoms with van der Waals surface area (Å²) in [5, 5.41) is 36.5. The highest BCUT2D eigenvalue weighted by atomic mass is 79.9. The minimum Gasteiger partial charge on any atom is -0.389 e. The molecule has 0 bridgehead atoms. The largest absolute Gasteiger partial charge is 0.435 e. The first-order valence-electron chi connectivity index (χ1n) is 10.7. The highest BCUT2D eigenvalue weighted by Gasteiger charge is 2.35. The molecule has 4 aromatic rings. The van der Waals surface area contributed by atoms with Crippen molar-refractivity contribution in [3.8, 4) is 11.8 Å². The fraction of sp³-hybridized carbons (Fsp3) is 0.217. The monoisotopic (exact) mass is 613 g/mol. The molecular weight excluding hydrogens is 597 g/mol. The molecule has 0 saturated heterocycles. The van der Waals surface area contributed by atoms with E-state index in [1.54, 1.807) is 7.05 Å². The molecule has 3 aromatic heterocycles. The summed E-state index contributed by atoms with van der Waals surface area (Å²) < 4.78 is 68.7. The summed E-state index contributed by atoms with van der Waals surface area (Å²) >= 11 is 2.92. The second-order valence-electron chi connectivity index (χ2n) is 7.96. The topological polar surface area (TPSA) is 136 Å². The number of nitro groups is 1. The van der Waals surface area contributed by atoms with Crippen molar-refractivity contribution in [3.05, 3.63) is 97.2 Å². The summed E-state index contributed by atoms with van der Waals surface area (Å²) in [5.41, 5.74) is -0.122. The molecule has 1 N–H and O–H groups in total. The molecule has 0 aliphatic carbocycles. The molecule has 0 fully saturated rings. The molecule has 39 heavy (non-hydrogen) atoms. The van der Waals surface area contributed by atoms with Gasteiger partial charge in [0, 0.05) is 30.8 Å². The van der Waals surface area contributed by atoms with Crippen LogP contribution in [0.4, 0.5) is 27.8 Å². The molecule has 0 aliphatic rings. The van der Waals surface area contributed by atoms with Crippen molar-refractivity contribution in [2.45, 2.75) is 25.6 Å². The lowest BCUT2D eigenvalue weighted by Crippen LogP contribution is -2.11. The Balaban J connectivity index is 0.000000320. The Morgan fingerprint density at radius 3 is 2.41 bits per heavy atom. The van der Waals surface area contributed by atoms with Crippen LogP contribution in [0.15, 0.2) is 47.1 Å². The van der Waals surface area contributed by atoms with Crippen molar-refractivity contribution in [1.29, 1.82) is 5.26 Å². The summed E-state index contributed by atoms with van der Waals surface area (Å²) in [6.45, 7) is 1.38. The average Bonchev–Trinajstić information content (AvgIpc) is 3.42. The van der Waals surface area contributed by atoms with Gasteiger partial charge < -0.3 is 15.2 Å². The molecular formula is C23H17BrF5N7O3. The quantitative estimate of drug-likeness (QED) is 0.186. The average molecular weight is 614 g/mol. The van der Waals surface area contributed by atoms with E-state index in [9.17, 15) is 37.2 Å². The van der Waals surface area contributed by atoms with E-state index in [0.717, 1.165) is 28.9 Å². The molecule has 0 unspecified atom stereocenters. The first kappa shape index (κ1) is 29.3. The first-order valence-corrected chi connectivity index (χ1v) is 11.5. The zero-order valence-electron chi connectivity index (χ0n) is 20.0. The van der Waals surface area contributed by atoms with E-state index < -0.39 is 40.3 Å². The Kier molecular flexibility index (Phi) is 8.77. The van der Waals surface area contributed by atoms with Crippen LogP contribution in [0.1, 0.15) is 41.4 Å². The lowest BCUT2D eigenvalue weighted by atomic mass is 10.1. The summed E-state index contributed by atoms with van der Waals surface area (Å²) in [4.78, 5) is 12.4. The van der Waals surface area contributed by atoms with Crippen LogP contribution >= 0.6 is 15.9 Å². The van der Waals surface area contributed by atoms with Crippen LogP contribution in [0.2, 0.25) is 0 Å². The third-order valence-electron chi connectivity index (χ3n) is 5.16. The molecule has 16 heteroatoms. The lowest BCUT2D eigenvalue weighted by molar-refractivity contribution is -0.392. The van der Waals surface area contributed by atoms with Gasteiger partial charge in [-0.1, -0.05) is 0 Å². The number of nitrogens with zero attached hydrogens (tertiary/aromatic N) is 7. The third kappa shape index (κ3) is 7.00. The first-order chi connectivity index (χ1) is 18.2. The number of aliphatic hydroxyl groups is 1. The van der Waals surface area contributed by atoms with Gasteiger partial charge in [0.15, 0.2) is 17.6 Å². The molecule has 4 rings (SSSR count). The van der Waals surface area contributed by atoms with E-state index >= 15 is 0 Å². The van der Waals surface area contributed by atoms with Crippen LogP contribution in [-0.2, 0) is 19.6 Å². The van der Waals surface area contributed by atoms with Crippen molar-refractivity contribution in [2.24, 2.45) is 7.05 Å². The van der Waals surface area contributed by atoms with Gasteiger partial charge in [0.1, 0.15) is 11.9 Å². The fourth-order valence-electron chi connectivity index (χ4n) is 3.40. The number of aryl methyl sites for hydroxylation is 1. The van der Waals surface area contributed by atoms with Crippen LogP contribution in [0.3, 0.4) is 0 Å². The number of hydrogen-bond donors (Lipinski definition) is 1. The highest BCUT2D eigenvalue weighted by molar-refractivity contribution is 9.10. The Morgan fingerprint density at radius 2 is 1.87 bits per heavy atom. The predicted molar refractivity (Wildman–Crippen MR) is 128 cm³/mol. The minimum absolute atomic E-state index is 0.00904. The van der Waals surface area contributed by atoms with Crippen molar-refractivity contribution < 1.29 is 32.0 Å². The number of aliphatic hydroxyl groups excluding tert-OH is 1. The molecule has 3 heterocycles. The number of pyridine rings is 1. The van der Waals surface area contributed by atoms with Gasteiger partial charge in [0.25, 0.3) is 0 Å². The lowest BCUT2D eigenvalue weighted by Gasteiger charge is -2.15. The van der Waals surface area contributed by atoms with Gasteiger partial charge in [0.05, 0.1) is 22.0 Å². The van der Waals surface area contributed by atoms with Gasteiger partial charge in [-0.05, 0) is 63.1 Å². The molecule has 1 aromatic carbocycles. The van der Waals surface area contributed by atoms with Crippen molar-refractivity contribution in [3.63, 3.8) is 0 Å². The standard InChI is InChI=1S/C18H15F4N5O.C5H2BrFN2O2/c1-10(28)15-5-11(19)3-4-16(15)27-14(8-17(25-27)18(20,21)22)7-13-6-12(9-23)24-26(13)2;6-3-1-4(7)5(8-2-3)9(10)11/h3-6,8,10,28H,7H2,1-2H3;1-2H/t10-;/m1./s1. The van der Waals surface area contributed by atoms with E-state index in [4.69, 9.17) is 5.26 Å². The maximum absolute atomic E-state index is 13.6. The van der Waals surface area contributed by atoms with Crippen molar-refractivity contribution in [1.82, 2.24) is 24.5 Å². The predicted octanol–water partition coefficient (Wildman–Crippen LogP) is 5.17. The summed E-state index contributed by atoms with van der Waals surface area (Å²) in [6.07, 6.45) is -4.65. The van der Waals surface area contributed by atoms with Gasteiger partial charge in [-0.25, -0.2) is 9.07 Å². The SMILES string of the molecule is C[C@@H](O)c1cc(F)ccc1-n1nc(C(F)(F)F)cc1Cc1cc(C#N)nn1C.O=[N+]([O-])c1ncc(Br)cc1F. The third-order valence-corrected chi connectivity index (χ3v) is 5.59. The number of alkyl halides is 3. The zero-order chi connectivity index (χ0) is 29.1. The molecule has 1 atom stereocenters. The number of hydrogen-bond acceptors (Lipinski definition) is 7. The summed E-state index contributed by atoms with van der Waals surface area (Å²) in [5.74, 6) is -2.33. The minimum atomic E-state index is -4.69. The van der Waals surface area contributed by atoms with Gasteiger partial charge in [-0.2, -0.15) is 33.0 Å². The molecule has 204 valence electrons. The number of aromatic nitrogens is 5. The molecule has 0 spiro atoms. The fourth-order valence-corrected chi connectivity index (χ4v) is 3.70. The van der Waals surface area contributed by atoms with E-state index in [2.05, 4.69) is 31.1 Å². The van der Waals surface area contributed by atoms with Gasteiger partial charge in [-0.15, -0.1) is 0 Å². The van der Waals surface area contributed by atoms with Crippen molar-refractivity contribution >= 4 is 21.7 Å². The van der Waals surface area contributed by atoms with Crippen LogP contribution in [0.25, 0.3) is 5.69 Å². The van der Waals surface area contributed by atoms with E-state index in [0.29, 0.717) is 10.2 Å². The molecule has 0 radical (unpaired) electrons. The number of rotatable bonds is 5. The Labute approximate surface area is 225 Å². The van der Waals surface area contributed by atoms with Gasteiger partial charge >= 0.3 is 12.0 Å². The smallest absolute Gasteiger partial charge is 0.389 e. The van der Waals surface area contributed by atoms with Crippen LogP contribution in [0.5, 0.6) is 0 Å². The number of benzene rings is 1. The molecule has 10 nitrogen and oxygen atoms in total. The Hall–Kier alpha value is -4.23. The molecule has 0 aliphatic heterocycles. The zero-order valence-corrected chi connectivity index (χ0v) is 21.6. The number of halogens is 6. The van der Waals surface area contributed by atoms with Crippen LogP contribution in [-0.4, -0.2) is 34.6 Å². The Morgan fingerprint density at radius 1 is 1.18 bits per heavy atom. The van der Waals surface area contributed by atoms with Crippen molar-refractivity contribution in [2.75, 3.05) is 0 Å².